The molecule has 0 amide bonds. The van der Waals surface area contributed by atoms with Crippen molar-refractivity contribution in [3.8, 4) is 0 Å². The molecule has 0 radical (unpaired) electrons. The number of nitrogens with one attached hydrogen (secondary N) is 2. The molecule has 0 atom stereocenters. The average molecular weight is 333 g/mol. The number of nitrogens with zero attached hydrogens (tertiary/aromatic N) is 5. The maximum absolute atomic E-state index is 4.59. The molecule has 1 fully saturated rings. The number of piperazine rings is 1. The van der Waals surface area contributed by atoms with E-state index in [1.54, 1.807) is 12.4 Å². The van der Waals surface area contributed by atoms with Crippen LogP contribution in [0.5, 0.6) is 0 Å². The summed E-state index contributed by atoms with van der Waals surface area (Å²) in [6.45, 7) is 12.1. The molecule has 0 saturated carbocycles. The van der Waals surface area contributed by atoms with Crippen LogP contribution in [0.15, 0.2) is 23.5 Å². The lowest BCUT2D eigenvalue weighted by atomic mass is 10.3. The summed E-state index contributed by atoms with van der Waals surface area (Å²) in [6.07, 6.45) is 5.93. The standard InChI is InChI=1S/C17H31N7/c1-3-5-7-19-16(18-4-2)20-10-11-23-12-14-24(15-13-23)17-21-8-6-9-22-17/h6,8-9H,3-5,7,10-15H2,1-2H3,(H2,18,19,20). The minimum atomic E-state index is 0.841. The zero-order valence-corrected chi connectivity index (χ0v) is 15.0. The maximum Gasteiger partial charge on any atom is 0.225 e. The third kappa shape index (κ3) is 6.31. The van der Waals surface area contributed by atoms with Gasteiger partial charge >= 0.3 is 0 Å². The monoisotopic (exact) mass is 333 g/mol. The Bertz CT molecular complexity index is 469. The normalized spacial score (nSPS) is 16.2. The highest BCUT2D eigenvalue weighted by atomic mass is 15.3. The van der Waals surface area contributed by atoms with Gasteiger partial charge in [-0.25, -0.2) is 9.97 Å². The van der Waals surface area contributed by atoms with Gasteiger partial charge in [0.1, 0.15) is 0 Å². The van der Waals surface area contributed by atoms with Crippen molar-refractivity contribution in [2.24, 2.45) is 4.99 Å². The van der Waals surface area contributed by atoms with Crippen LogP contribution in [0.4, 0.5) is 5.95 Å². The van der Waals surface area contributed by atoms with Crippen LogP contribution < -0.4 is 15.5 Å². The van der Waals surface area contributed by atoms with Gasteiger partial charge in [-0.2, -0.15) is 0 Å². The zero-order valence-electron chi connectivity index (χ0n) is 15.0. The van der Waals surface area contributed by atoms with Crippen molar-refractivity contribution in [3.63, 3.8) is 0 Å². The molecule has 1 aromatic heterocycles. The Morgan fingerprint density at radius 1 is 1.12 bits per heavy atom. The Balaban J connectivity index is 1.67. The molecule has 0 aliphatic carbocycles. The van der Waals surface area contributed by atoms with Gasteiger partial charge in [0, 0.05) is 64.8 Å². The second-order valence-corrected chi connectivity index (χ2v) is 5.92. The van der Waals surface area contributed by atoms with E-state index in [2.05, 4.69) is 49.2 Å². The highest BCUT2D eigenvalue weighted by Crippen LogP contribution is 2.08. The van der Waals surface area contributed by atoms with Crippen LogP contribution in [-0.2, 0) is 0 Å². The summed E-state index contributed by atoms with van der Waals surface area (Å²) < 4.78 is 0. The summed E-state index contributed by atoms with van der Waals surface area (Å²) in [7, 11) is 0. The Morgan fingerprint density at radius 2 is 1.88 bits per heavy atom. The van der Waals surface area contributed by atoms with Gasteiger partial charge in [-0.3, -0.25) is 9.89 Å². The van der Waals surface area contributed by atoms with Gasteiger partial charge in [0.25, 0.3) is 0 Å². The number of guanidine groups is 1. The van der Waals surface area contributed by atoms with E-state index in [0.29, 0.717) is 0 Å². The first-order chi connectivity index (χ1) is 11.8. The molecule has 1 aliphatic rings. The molecular weight excluding hydrogens is 302 g/mol. The third-order valence-corrected chi connectivity index (χ3v) is 4.05. The van der Waals surface area contributed by atoms with E-state index in [1.165, 1.54) is 6.42 Å². The summed E-state index contributed by atoms with van der Waals surface area (Å²) >= 11 is 0. The molecule has 7 heteroatoms. The maximum atomic E-state index is 4.59. The van der Waals surface area contributed by atoms with E-state index in [0.717, 1.165) is 70.7 Å². The van der Waals surface area contributed by atoms with Crippen molar-refractivity contribution >= 4 is 11.9 Å². The van der Waals surface area contributed by atoms with E-state index >= 15 is 0 Å². The number of aliphatic imine (C=N–C) groups is 1. The highest BCUT2D eigenvalue weighted by Gasteiger charge is 2.18. The molecule has 2 heterocycles. The first-order valence-electron chi connectivity index (χ1n) is 9.10. The van der Waals surface area contributed by atoms with Gasteiger partial charge < -0.3 is 15.5 Å². The fraction of sp³-hybridized carbons (Fsp3) is 0.706. The molecule has 1 aliphatic heterocycles. The lowest BCUT2D eigenvalue weighted by Crippen LogP contribution is -2.49. The fourth-order valence-corrected chi connectivity index (χ4v) is 2.65. The second kappa shape index (κ2) is 10.8. The minimum Gasteiger partial charge on any atom is -0.357 e. The van der Waals surface area contributed by atoms with Crippen LogP contribution in [0.3, 0.4) is 0 Å². The molecule has 0 aromatic carbocycles. The van der Waals surface area contributed by atoms with Gasteiger partial charge in [0.2, 0.25) is 5.95 Å². The first kappa shape index (κ1) is 18.4. The number of hydrogen-bond donors (Lipinski definition) is 2. The second-order valence-electron chi connectivity index (χ2n) is 5.92. The van der Waals surface area contributed by atoms with Crippen LogP contribution in [0.1, 0.15) is 26.7 Å². The van der Waals surface area contributed by atoms with E-state index in [9.17, 15) is 0 Å². The first-order valence-corrected chi connectivity index (χ1v) is 9.10. The molecule has 0 unspecified atom stereocenters. The molecule has 0 bridgehead atoms. The van der Waals surface area contributed by atoms with Crippen molar-refractivity contribution in [1.82, 2.24) is 25.5 Å². The summed E-state index contributed by atoms with van der Waals surface area (Å²) in [5.74, 6) is 1.77. The van der Waals surface area contributed by atoms with Gasteiger partial charge in [-0.05, 0) is 19.4 Å². The number of unbranched alkanes of at least 4 members (excludes halogenated alkanes) is 1. The van der Waals surface area contributed by atoms with E-state index in [1.807, 2.05) is 6.07 Å². The van der Waals surface area contributed by atoms with Crippen molar-refractivity contribution in [2.45, 2.75) is 26.7 Å². The summed E-state index contributed by atoms with van der Waals surface area (Å²) in [5.41, 5.74) is 0. The van der Waals surface area contributed by atoms with Crippen molar-refractivity contribution in [2.75, 3.05) is 57.3 Å². The summed E-state index contributed by atoms with van der Waals surface area (Å²) in [4.78, 5) is 18.0. The molecule has 1 aromatic rings. The van der Waals surface area contributed by atoms with Crippen LogP contribution in [0.25, 0.3) is 0 Å². The highest BCUT2D eigenvalue weighted by molar-refractivity contribution is 5.79. The topological polar surface area (TPSA) is 68.7 Å². The third-order valence-electron chi connectivity index (χ3n) is 4.05. The largest absolute Gasteiger partial charge is 0.357 e. The molecule has 24 heavy (non-hydrogen) atoms. The minimum absolute atomic E-state index is 0.841. The van der Waals surface area contributed by atoms with Gasteiger partial charge in [0.05, 0.1) is 0 Å². The average Bonchev–Trinajstić information content (AvgIpc) is 2.63. The van der Waals surface area contributed by atoms with Gasteiger partial charge in [-0.1, -0.05) is 13.3 Å². The number of hydrogen-bond acceptors (Lipinski definition) is 5. The van der Waals surface area contributed by atoms with Crippen molar-refractivity contribution < 1.29 is 0 Å². The van der Waals surface area contributed by atoms with E-state index in [4.69, 9.17) is 0 Å². The fourth-order valence-electron chi connectivity index (χ4n) is 2.65. The molecule has 1 saturated heterocycles. The SMILES string of the molecule is CCCCN=C(NCC)NCCN1CCN(c2ncccn2)CC1. The van der Waals surface area contributed by atoms with Gasteiger partial charge in [0.15, 0.2) is 5.96 Å². The number of anilines is 1. The van der Waals surface area contributed by atoms with Crippen molar-refractivity contribution in [1.29, 1.82) is 0 Å². The van der Waals surface area contributed by atoms with Crippen LogP contribution >= 0.6 is 0 Å². The smallest absolute Gasteiger partial charge is 0.225 e. The predicted molar refractivity (Wildman–Crippen MR) is 99.6 cm³/mol. The molecule has 0 spiro atoms. The zero-order chi connectivity index (χ0) is 17.0. The lowest BCUT2D eigenvalue weighted by Gasteiger charge is -2.34. The molecule has 2 rings (SSSR count). The van der Waals surface area contributed by atoms with Crippen LogP contribution in [0.2, 0.25) is 0 Å². The van der Waals surface area contributed by atoms with Crippen LogP contribution in [0, 0.1) is 0 Å². The molecule has 2 N–H and O–H groups in total. The number of rotatable bonds is 8. The molecule has 134 valence electrons. The Kier molecular flexibility index (Phi) is 8.31. The quantitative estimate of drug-likeness (QED) is 0.419. The molecular formula is C17H31N7. The predicted octanol–water partition coefficient (Wildman–Crippen LogP) is 0.954. The van der Waals surface area contributed by atoms with E-state index < -0.39 is 0 Å². The van der Waals surface area contributed by atoms with Crippen molar-refractivity contribution in [3.05, 3.63) is 18.5 Å². The lowest BCUT2D eigenvalue weighted by molar-refractivity contribution is 0.260. The Labute approximate surface area is 145 Å². The summed E-state index contributed by atoms with van der Waals surface area (Å²) in [5, 5.41) is 6.73. The van der Waals surface area contributed by atoms with E-state index in [-0.39, 0.29) is 0 Å². The van der Waals surface area contributed by atoms with Crippen LogP contribution in [-0.4, -0.2) is 73.2 Å². The Hall–Kier alpha value is -1.89. The number of aromatic nitrogens is 2. The Morgan fingerprint density at radius 3 is 2.54 bits per heavy atom. The molecule has 7 nitrogen and oxygen atoms in total. The van der Waals surface area contributed by atoms with Gasteiger partial charge in [-0.15, -0.1) is 0 Å². The summed E-state index contributed by atoms with van der Waals surface area (Å²) in [6, 6.07) is 1.86.